The summed E-state index contributed by atoms with van der Waals surface area (Å²) in [5, 5.41) is 0. The van der Waals surface area contributed by atoms with Crippen LogP contribution < -0.4 is 0 Å². The summed E-state index contributed by atoms with van der Waals surface area (Å²) in [6.07, 6.45) is 7.38. The minimum atomic E-state index is 0.939. The molecule has 0 saturated heterocycles. The fourth-order valence-electron chi connectivity index (χ4n) is 1.63. The number of hydrogen-bond acceptors (Lipinski definition) is 2. The molecule has 0 fully saturated rings. The maximum atomic E-state index is 5.04. The zero-order chi connectivity index (χ0) is 10.3. The molecule has 0 radical (unpaired) electrons. The first-order valence-corrected chi connectivity index (χ1v) is 4.81. The number of rotatable bonds is 1. The van der Waals surface area contributed by atoms with Gasteiger partial charge in [0.15, 0.2) is 0 Å². The number of imidazole rings is 1. The van der Waals surface area contributed by atoms with E-state index in [0.717, 1.165) is 16.9 Å². The molecule has 74 valence electrons. The zero-order valence-electron chi connectivity index (χ0n) is 8.34. The molecular formula is C12H10N2O. The van der Waals surface area contributed by atoms with Gasteiger partial charge in [0, 0.05) is 18.0 Å². The van der Waals surface area contributed by atoms with Gasteiger partial charge < -0.3 is 8.82 Å². The molecule has 3 heteroatoms. The second-order valence-corrected chi connectivity index (χ2v) is 3.61. The molecule has 0 aliphatic carbocycles. The summed E-state index contributed by atoms with van der Waals surface area (Å²) in [6.45, 7) is 2.06. The molecule has 0 bridgehead atoms. The standard InChI is InChI=1S/C12H10N2O/c1-9-2-4-14-7-11(13-12(14)6-9)10-3-5-15-8-10/h2-8H,1H3. The molecule has 0 saturated carbocycles. The van der Waals surface area contributed by atoms with Crippen LogP contribution in [0.15, 0.2) is 47.5 Å². The lowest BCUT2D eigenvalue weighted by atomic mass is 10.3. The first-order valence-electron chi connectivity index (χ1n) is 4.81. The minimum absolute atomic E-state index is 0.939. The van der Waals surface area contributed by atoms with Crippen LogP contribution in [-0.2, 0) is 0 Å². The molecule has 0 spiro atoms. The van der Waals surface area contributed by atoms with Crippen LogP contribution in [-0.4, -0.2) is 9.38 Å². The van der Waals surface area contributed by atoms with Crippen molar-refractivity contribution in [3.8, 4) is 11.3 Å². The lowest BCUT2D eigenvalue weighted by molar-refractivity contribution is 0.568. The van der Waals surface area contributed by atoms with Crippen molar-refractivity contribution >= 4 is 5.65 Å². The maximum Gasteiger partial charge on any atom is 0.137 e. The minimum Gasteiger partial charge on any atom is -0.472 e. The Morgan fingerprint density at radius 1 is 1.33 bits per heavy atom. The summed E-state index contributed by atoms with van der Waals surface area (Å²) < 4.78 is 7.05. The van der Waals surface area contributed by atoms with Crippen molar-refractivity contribution in [3.63, 3.8) is 0 Å². The van der Waals surface area contributed by atoms with E-state index in [2.05, 4.69) is 24.0 Å². The van der Waals surface area contributed by atoms with Crippen molar-refractivity contribution in [2.45, 2.75) is 6.92 Å². The Balaban J connectivity index is 2.22. The normalized spacial score (nSPS) is 11.0. The highest BCUT2D eigenvalue weighted by molar-refractivity contribution is 5.61. The fourth-order valence-corrected chi connectivity index (χ4v) is 1.63. The van der Waals surface area contributed by atoms with Gasteiger partial charge in [0.2, 0.25) is 0 Å². The number of pyridine rings is 1. The van der Waals surface area contributed by atoms with Gasteiger partial charge in [-0.15, -0.1) is 0 Å². The van der Waals surface area contributed by atoms with Gasteiger partial charge in [-0.05, 0) is 30.7 Å². The molecule has 15 heavy (non-hydrogen) atoms. The maximum absolute atomic E-state index is 5.04. The lowest BCUT2D eigenvalue weighted by Crippen LogP contribution is -1.81. The van der Waals surface area contributed by atoms with Crippen LogP contribution in [0.5, 0.6) is 0 Å². The zero-order valence-corrected chi connectivity index (χ0v) is 8.34. The molecule has 3 rings (SSSR count). The summed E-state index contributed by atoms with van der Waals surface area (Å²) in [5.41, 5.74) is 4.13. The number of aryl methyl sites for hydroxylation is 1. The molecule has 0 aliphatic heterocycles. The first-order chi connectivity index (χ1) is 7.33. The van der Waals surface area contributed by atoms with Gasteiger partial charge in [-0.2, -0.15) is 0 Å². The van der Waals surface area contributed by atoms with E-state index < -0.39 is 0 Å². The molecule has 0 N–H and O–H groups in total. The Morgan fingerprint density at radius 2 is 2.27 bits per heavy atom. The first kappa shape index (κ1) is 8.29. The summed E-state index contributed by atoms with van der Waals surface area (Å²) >= 11 is 0. The largest absolute Gasteiger partial charge is 0.472 e. The monoisotopic (exact) mass is 198 g/mol. The Labute approximate surface area is 87.0 Å². The van der Waals surface area contributed by atoms with Gasteiger partial charge in [-0.1, -0.05) is 0 Å². The number of aromatic nitrogens is 2. The summed E-state index contributed by atoms with van der Waals surface area (Å²) in [7, 11) is 0. The number of furan rings is 1. The predicted octanol–water partition coefficient (Wildman–Crippen LogP) is 2.90. The Bertz CT molecular complexity index is 593. The highest BCUT2D eigenvalue weighted by Gasteiger charge is 2.04. The van der Waals surface area contributed by atoms with E-state index in [1.165, 1.54) is 5.56 Å². The van der Waals surface area contributed by atoms with Crippen LogP contribution in [0.3, 0.4) is 0 Å². The average Bonchev–Trinajstić information content (AvgIpc) is 2.84. The predicted molar refractivity (Wildman–Crippen MR) is 57.6 cm³/mol. The van der Waals surface area contributed by atoms with E-state index in [4.69, 9.17) is 4.42 Å². The Morgan fingerprint density at radius 3 is 3.07 bits per heavy atom. The second kappa shape index (κ2) is 2.98. The fraction of sp³-hybridized carbons (Fsp3) is 0.0833. The van der Waals surface area contributed by atoms with Crippen molar-refractivity contribution < 1.29 is 4.42 Å². The van der Waals surface area contributed by atoms with Crippen LogP contribution in [0.1, 0.15) is 5.56 Å². The van der Waals surface area contributed by atoms with Crippen molar-refractivity contribution in [2.75, 3.05) is 0 Å². The number of fused-ring (bicyclic) bond motifs is 1. The smallest absolute Gasteiger partial charge is 0.137 e. The molecule has 0 atom stereocenters. The topological polar surface area (TPSA) is 30.4 Å². The number of nitrogens with zero attached hydrogens (tertiary/aromatic N) is 2. The SMILES string of the molecule is Cc1ccn2cc(-c3ccoc3)nc2c1. The molecule has 0 amide bonds. The highest BCUT2D eigenvalue weighted by atomic mass is 16.3. The summed E-state index contributed by atoms with van der Waals surface area (Å²) in [5.74, 6) is 0. The summed E-state index contributed by atoms with van der Waals surface area (Å²) in [4.78, 5) is 4.52. The van der Waals surface area contributed by atoms with E-state index in [1.54, 1.807) is 12.5 Å². The lowest BCUT2D eigenvalue weighted by Gasteiger charge is -1.92. The van der Waals surface area contributed by atoms with Crippen LogP contribution in [0.4, 0.5) is 0 Å². The molecule has 3 aromatic rings. The van der Waals surface area contributed by atoms with E-state index in [9.17, 15) is 0 Å². The van der Waals surface area contributed by atoms with Crippen molar-refractivity contribution in [1.82, 2.24) is 9.38 Å². The quantitative estimate of drug-likeness (QED) is 0.601. The molecule has 0 unspecified atom stereocenters. The van der Waals surface area contributed by atoms with Gasteiger partial charge in [-0.3, -0.25) is 0 Å². The average molecular weight is 198 g/mol. The van der Waals surface area contributed by atoms with Crippen LogP contribution in [0.25, 0.3) is 16.9 Å². The molecular weight excluding hydrogens is 188 g/mol. The van der Waals surface area contributed by atoms with E-state index in [1.807, 2.05) is 22.9 Å². The molecule has 3 nitrogen and oxygen atoms in total. The van der Waals surface area contributed by atoms with Crippen LogP contribution in [0.2, 0.25) is 0 Å². The molecule has 3 heterocycles. The molecule has 0 aliphatic rings. The molecule has 0 aromatic carbocycles. The van der Waals surface area contributed by atoms with Crippen LogP contribution >= 0.6 is 0 Å². The van der Waals surface area contributed by atoms with Crippen LogP contribution in [0, 0.1) is 6.92 Å². The van der Waals surface area contributed by atoms with Crippen molar-refractivity contribution in [1.29, 1.82) is 0 Å². The van der Waals surface area contributed by atoms with Crippen molar-refractivity contribution in [2.24, 2.45) is 0 Å². The molecule has 3 aromatic heterocycles. The van der Waals surface area contributed by atoms with Gasteiger partial charge in [0.1, 0.15) is 5.65 Å². The van der Waals surface area contributed by atoms with Gasteiger partial charge in [0.05, 0.1) is 18.2 Å². The van der Waals surface area contributed by atoms with Gasteiger partial charge >= 0.3 is 0 Å². The third-order valence-electron chi connectivity index (χ3n) is 2.43. The third-order valence-corrected chi connectivity index (χ3v) is 2.43. The third kappa shape index (κ3) is 1.32. The number of hydrogen-bond donors (Lipinski definition) is 0. The Kier molecular flexibility index (Phi) is 1.65. The van der Waals surface area contributed by atoms with Crippen molar-refractivity contribution in [3.05, 3.63) is 48.7 Å². The summed E-state index contributed by atoms with van der Waals surface area (Å²) in [6, 6.07) is 6.03. The van der Waals surface area contributed by atoms with E-state index in [0.29, 0.717) is 0 Å². The van der Waals surface area contributed by atoms with E-state index >= 15 is 0 Å². The van der Waals surface area contributed by atoms with E-state index in [-0.39, 0.29) is 0 Å². The van der Waals surface area contributed by atoms with Gasteiger partial charge in [0.25, 0.3) is 0 Å². The Hall–Kier alpha value is -2.03. The highest BCUT2D eigenvalue weighted by Crippen LogP contribution is 2.19. The second-order valence-electron chi connectivity index (χ2n) is 3.61. The van der Waals surface area contributed by atoms with Gasteiger partial charge in [-0.25, -0.2) is 4.98 Å².